The lowest BCUT2D eigenvalue weighted by Gasteiger charge is -2.38. The molecule has 0 radical (unpaired) electrons. The van der Waals surface area contributed by atoms with Crippen molar-refractivity contribution >= 4 is 0 Å². The number of rotatable bonds is 5. The van der Waals surface area contributed by atoms with Crippen LogP contribution >= 0.6 is 0 Å². The van der Waals surface area contributed by atoms with Gasteiger partial charge in [-0.25, -0.2) is 0 Å². The minimum absolute atomic E-state index is 0.0271. The van der Waals surface area contributed by atoms with Crippen molar-refractivity contribution in [3.05, 3.63) is 0 Å². The maximum absolute atomic E-state index is 12.0. The Morgan fingerprint density at radius 3 is 2.64 bits per heavy atom. The first-order chi connectivity index (χ1) is 10.2. The van der Waals surface area contributed by atoms with Crippen molar-refractivity contribution in [1.29, 1.82) is 0 Å². The van der Waals surface area contributed by atoms with E-state index < -0.39 is 18.4 Å². The van der Waals surface area contributed by atoms with Crippen molar-refractivity contribution in [2.75, 3.05) is 19.8 Å². The van der Waals surface area contributed by atoms with Crippen LogP contribution in [-0.2, 0) is 14.2 Å². The lowest BCUT2D eigenvalue weighted by molar-refractivity contribution is -0.174. The summed E-state index contributed by atoms with van der Waals surface area (Å²) in [4.78, 5) is 0. The Kier molecular flexibility index (Phi) is 3.99. The molecule has 2 aliphatic heterocycles. The molecule has 3 aliphatic rings. The first-order valence-electron chi connectivity index (χ1n) is 7.81. The van der Waals surface area contributed by atoms with Crippen LogP contribution in [0, 0.1) is 11.8 Å². The second kappa shape index (κ2) is 5.33. The minimum atomic E-state index is -4.29. The smallest absolute Gasteiger partial charge is 0.393 e. The number of hydrogen-bond acceptors (Lipinski definition) is 4. The van der Waals surface area contributed by atoms with Gasteiger partial charge in [0.05, 0.1) is 30.0 Å². The van der Waals surface area contributed by atoms with Crippen LogP contribution in [-0.4, -0.2) is 54.5 Å². The molecular weight excluding hydrogens is 301 g/mol. The lowest BCUT2D eigenvalue weighted by atomic mass is 9.67. The predicted octanol–water partition coefficient (Wildman–Crippen LogP) is 2.29. The van der Waals surface area contributed by atoms with Gasteiger partial charge in [0.2, 0.25) is 0 Å². The summed E-state index contributed by atoms with van der Waals surface area (Å²) in [5, 5.41) is 10.1. The summed E-state index contributed by atoms with van der Waals surface area (Å²) in [6, 6.07) is 0. The zero-order valence-corrected chi connectivity index (χ0v) is 12.9. The van der Waals surface area contributed by atoms with Gasteiger partial charge in [-0.05, 0) is 32.1 Å². The molecular formula is C15H23F3O4. The first-order valence-corrected chi connectivity index (χ1v) is 7.81. The summed E-state index contributed by atoms with van der Waals surface area (Å²) >= 11 is 0. The number of epoxide rings is 2. The summed E-state index contributed by atoms with van der Waals surface area (Å²) in [5.74, 6) is 0.300. The molecule has 0 unspecified atom stereocenters. The van der Waals surface area contributed by atoms with E-state index in [4.69, 9.17) is 9.47 Å². The molecule has 128 valence electrons. The van der Waals surface area contributed by atoms with E-state index in [0.717, 1.165) is 6.42 Å². The van der Waals surface area contributed by atoms with E-state index in [0.29, 0.717) is 19.4 Å². The molecule has 2 heterocycles. The van der Waals surface area contributed by atoms with Crippen molar-refractivity contribution in [1.82, 2.24) is 0 Å². The van der Waals surface area contributed by atoms with E-state index in [9.17, 15) is 18.3 Å². The summed E-state index contributed by atoms with van der Waals surface area (Å²) in [7, 11) is 0. The van der Waals surface area contributed by atoms with E-state index in [1.807, 2.05) is 13.8 Å². The van der Waals surface area contributed by atoms with Crippen LogP contribution in [0.4, 0.5) is 13.2 Å². The van der Waals surface area contributed by atoms with Crippen LogP contribution in [0.2, 0.25) is 0 Å². The van der Waals surface area contributed by atoms with Crippen LogP contribution < -0.4 is 0 Å². The fraction of sp³-hybridized carbons (Fsp3) is 1.00. The fourth-order valence-corrected chi connectivity index (χ4v) is 3.98. The van der Waals surface area contributed by atoms with Crippen LogP contribution in [0.5, 0.6) is 0 Å². The molecule has 2 saturated heterocycles. The van der Waals surface area contributed by atoms with Crippen molar-refractivity contribution in [3.63, 3.8) is 0 Å². The quantitative estimate of drug-likeness (QED) is 0.623. The molecule has 1 aliphatic carbocycles. The van der Waals surface area contributed by atoms with Gasteiger partial charge in [-0.3, -0.25) is 0 Å². The van der Waals surface area contributed by atoms with Gasteiger partial charge in [0.25, 0.3) is 0 Å². The zero-order chi connectivity index (χ0) is 16.2. The predicted molar refractivity (Wildman–Crippen MR) is 71.3 cm³/mol. The highest BCUT2D eigenvalue weighted by molar-refractivity contribution is 5.17. The highest BCUT2D eigenvalue weighted by atomic mass is 19.4. The molecule has 1 N–H and O–H groups in total. The highest BCUT2D eigenvalue weighted by Crippen LogP contribution is 2.59. The number of aliphatic hydroxyl groups excluding tert-OH is 1. The molecule has 0 aromatic rings. The fourth-order valence-electron chi connectivity index (χ4n) is 3.98. The first kappa shape index (κ1) is 16.5. The molecule has 0 bridgehead atoms. The van der Waals surface area contributed by atoms with Gasteiger partial charge in [-0.2, -0.15) is 13.2 Å². The van der Waals surface area contributed by atoms with E-state index in [1.54, 1.807) is 0 Å². The van der Waals surface area contributed by atoms with E-state index >= 15 is 0 Å². The number of hydrogen-bond donors (Lipinski definition) is 1. The average molecular weight is 324 g/mol. The van der Waals surface area contributed by atoms with Crippen LogP contribution in [0.1, 0.15) is 33.1 Å². The number of aliphatic hydroxyl groups is 1. The van der Waals surface area contributed by atoms with Crippen molar-refractivity contribution in [2.45, 2.75) is 62.7 Å². The Balaban J connectivity index is 1.51. The molecule has 0 aromatic heterocycles. The third-order valence-electron chi connectivity index (χ3n) is 5.41. The molecule has 0 amide bonds. The van der Waals surface area contributed by atoms with Gasteiger partial charge in [-0.1, -0.05) is 6.92 Å². The van der Waals surface area contributed by atoms with Gasteiger partial charge in [0.1, 0.15) is 6.61 Å². The Hall–Kier alpha value is -0.370. The molecule has 3 rings (SSSR count). The van der Waals surface area contributed by atoms with Gasteiger partial charge >= 0.3 is 6.18 Å². The van der Waals surface area contributed by atoms with Gasteiger partial charge in [0, 0.05) is 12.5 Å². The summed E-state index contributed by atoms with van der Waals surface area (Å²) in [6.45, 7) is 3.48. The third kappa shape index (κ3) is 3.13. The Morgan fingerprint density at radius 2 is 2.05 bits per heavy atom. The molecule has 7 heteroatoms. The second-order valence-corrected chi connectivity index (χ2v) is 7.14. The van der Waals surface area contributed by atoms with Crippen molar-refractivity contribution < 1.29 is 32.5 Å². The largest absolute Gasteiger partial charge is 0.411 e. The molecule has 3 fully saturated rings. The molecule has 4 nitrogen and oxygen atoms in total. The Bertz CT molecular complexity index is 424. The summed E-state index contributed by atoms with van der Waals surface area (Å²) < 4.78 is 52.2. The minimum Gasteiger partial charge on any atom is -0.393 e. The number of halogens is 3. The molecule has 6 atom stereocenters. The van der Waals surface area contributed by atoms with Crippen LogP contribution in [0.3, 0.4) is 0 Å². The van der Waals surface area contributed by atoms with Gasteiger partial charge in [0.15, 0.2) is 0 Å². The summed E-state index contributed by atoms with van der Waals surface area (Å²) in [5.41, 5.74) is -0.617. The maximum Gasteiger partial charge on any atom is 0.411 e. The topological polar surface area (TPSA) is 54.5 Å². The highest BCUT2D eigenvalue weighted by Gasteiger charge is 2.69. The van der Waals surface area contributed by atoms with E-state index in [2.05, 4.69) is 4.74 Å². The van der Waals surface area contributed by atoms with Gasteiger partial charge < -0.3 is 19.3 Å². The van der Waals surface area contributed by atoms with Crippen LogP contribution in [0.15, 0.2) is 0 Å². The average Bonchev–Trinajstić information content (AvgIpc) is 3.29. The number of alkyl halides is 3. The van der Waals surface area contributed by atoms with Gasteiger partial charge in [-0.15, -0.1) is 0 Å². The van der Waals surface area contributed by atoms with E-state index in [-0.39, 0.29) is 36.3 Å². The summed E-state index contributed by atoms with van der Waals surface area (Å²) in [6.07, 6.45) is -2.91. The molecule has 0 aromatic carbocycles. The second-order valence-electron chi connectivity index (χ2n) is 7.14. The Morgan fingerprint density at radius 1 is 1.36 bits per heavy atom. The molecule has 1 spiro atoms. The normalized spacial score (nSPS) is 47.7. The van der Waals surface area contributed by atoms with Crippen LogP contribution in [0.25, 0.3) is 0 Å². The molecule has 22 heavy (non-hydrogen) atoms. The van der Waals surface area contributed by atoms with Crippen molar-refractivity contribution in [2.24, 2.45) is 11.8 Å². The standard InChI is InChI=1S/C15H23F3O4/c1-9-6-14(7-21-14)11(5-10(9)19)13(2)12(22-13)3-4-20-8-15(16,17)18/h9-12,19H,3-8H2,1-2H3/t9-,10+,11-,12-,13-,14+/m1/s1. The maximum atomic E-state index is 12.0. The SMILES string of the molecule is C[C@@H]1C[C@]2(CO2)[C@@H]([C@@]2(C)O[C@@H]2CCOCC(F)(F)F)C[C@@H]1O. The number of ether oxygens (including phenoxy) is 3. The third-order valence-corrected chi connectivity index (χ3v) is 5.41. The molecule has 1 saturated carbocycles. The zero-order valence-electron chi connectivity index (χ0n) is 12.9. The Labute approximate surface area is 127 Å². The van der Waals surface area contributed by atoms with E-state index in [1.165, 1.54) is 0 Å². The monoisotopic (exact) mass is 324 g/mol. The lowest BCUT2D eigenvalue weighted by Crippen LogP contribution is -2.46. The van der Waals surface area contributed by atoms with Crippen molar-refractivity contribution in [3.8, 4) is 0 Å².